The first-order chi connectivity index (χ1) is 8.56. The van der Waals surface area contributed by atoms with Crippen LogP contribution in [0, 0.1) is 5.82 Å². The number of benzene rings is 1. The molecule has 0 radical (unpaired) electrons. The quantitative estimate of drug-likeness (QED) is 0.941. The maximum Gasteiger partial charge on any atom is 0.303 e. The first-order valence-corrected chi connectivity index (χ1v) is 5.97. The average molecular weight is 314 g/mol. The molecular weight excluding hydrogens is 305 g/mol. The van der Waals surface area contributed by atoms with Crippen molar-refractivity contribution in [1.82, 2.24) is 4.98 Å². The van der Waals surface area contributed by atoms with Gasteiger partial charge in [0, 0.05) is 10.9 Å². The van der Waals surface area contributed by atoms with E-state index in [4.69, 9.17) is 9.52 Å². The SMILES string of the molecule is O=C(O)CCc1ncc(-c2cc(Br)ccc2F)o1. The number of aromatic nitrogens is 1. The number of aliphatic carboxylic acids is 1. The standard InChI is InChI=1S/C12H9BrFNO3/c13-7-1-2-9(14)8(5-7)10-6-15-11(18-10)3-4-12(16)17/h1-2,5-6H,3-4H2,(H,16,17). The number of aryl methyl sites for hydroxylation is 1. The Morgan fingerprint density at radius 2 is 2.28 bits per heavy atom. The summed E-state index contributed by atoms with van der Waals surface area (Å²) in [5.41, 5.74) is 0.290. The summed E-state index contributed by atoms with van der Waals surface area (Å²) < 4.78 is 19.6. The van der Waals surface area contributed by atoms with Crippen LogP contribution in [0.3, 0.4) is 0 Å². The molecule has 0 fully saturated rings. The highest BCUT2D eigenvalue weighted by atomic mass is 79.9. The third-order valence-electron chi connectivity index (χ3n) is 2.30. The van der Waals surface area contributed by atoms with Gasteiger partial charge in [-0.3, -0.25) is 4.79 Å². The third kappa shape index (κ3) is 2.95. The third-order valence-corrected chi connectivity index (χ3v) is 2.79. The fourth-order valence-electron chi connectivity index (χ4n) is 1.45. The van der Waals surface area contributed by atoms with E-state index >= 15 is 0 Å². The van der Waals surface area contributed by atoms with E-state index in [0.717, 1.165) is 4.47 Å². The number of halogens is 2. The Kier molecular flexibility index (Phi) is 3.76. The molecular formula is C12H9BrFNO3. The highest BCUT2D eigenvalue weighted by Gasteiger charge is 2.12. The Hall–Kier alpha value is -1.69. The zero-order valence-corrected chi connectivity index (χ0v) is 10.8. The predicted molar refractivity (Wildman–Crippen MR) is 65.6 cm³/mol. The van der Waals surface area contributed by atoms with Crippen molar-refractivity contribution < 1.29 is 18.7 Å². The molecule has 0 unspecified atom stereocenters. The fraction of sp³-hybridized carbons (Fsp3) is 0.167. The van der Waals surface area contributed by atoms with Crippen LogP contribution in [0.5, 0.6) is 0 Å². The second kappa shape index (κ2) is 5.30. The largest absolute Gasteiger partial charge is 0.481 e. The summed E-state index contributed by atoms with van der Waals surface area (Å²) in [5.74, 6) is -0.775. The van der Waals surface area contributed by atoms with Gasteiger partial charge in [-0.2, -0.15) is 0 Å². The molecule has 1 N–H and O–H groups in total. The Bertz CT molecular complexity index is 582. The fourth-order valence-corrected chi connectivity index (χ4v) is 1.81. The second-order valence-electron chi connectivity index (χ2n) is 3.64. The Morgan fingerprint density at radius 1 is 1.50 bits per heavy atom. The summed E-state index contributed by atoms with van der Waals surface area (Å²) in [6.07, 6.45) is 1.51. The van der Waals surface area contributed by atoms with Crippen LogP contribution in [0.1, 0.15) is 12.3 Å². The van der Waals surface area contributed by atoms with E-state index in [1.807, 2.05) is 0 Å². The van der Waals surface area contributed by atoms with Gasteiger partial charge in [-0.05, 0) is 18.2 Å². The van der Waals surface area contributed by atoms with Crippen molar-refractivity contribution in [1.29, 1.82) is 0 Å². The highest BCUT2D eigenvalue weighted by molar-refractivity contribution is 9.10. The van der Waals surface area contributed by atoms with Gasteiger partial charge in [-0.25, -0.2) is 9.37 Å². The molecule has 1 aromatic carbocycles. The smallest absolute Gasteiger partial charge is 0.303 e. The molecule has 0 saturated carbocycles. The Balaban J connectivity index is 2.23. The maximum atomic E-state index is 13.6. The first-order valence-electron chi connectivity index (χ1n) is 5.18. The Labute approximate surface area is 111 Å². The molecule has 0 spiro atoms. The molecule has 94 valence electrons. The topological polar surface area (TPSA) is 63.3 Å². The molecule has 2 aromatic rings. The lowest BCUT2D eigenvalue weighted by atomic mass is 10.2. The van der Waals surface area contributed by atoms with Crippen LogP contribution in [-0.2, 0) is 11.2 Å². The summed E-state index contributed by atoms with van der Waals surface area (Å²) in [6, 6.07) is 4.48. The number of rotatable bonds is 4. The monoisotopic (exact) mass is 313 g/mol. The maximum absolute atomic E-state index is 13.6. The lowest BCUT2D eigenvalue weighted by Crippen LogP contribution is -1.97. The van der Waals surface area contributed by atoms with E-state index in [-0.39, 0.29) is 24.5 Å². The summed E-state index contributed by atoms with van der Waals surface area (Å²) >= 11 is 3.24. The molecule has 4 nitrogen and oxygen atoms in total. The van der Waals surface area contributed by atoms with Crippen molar-refractivity contribution in [3.63, 3.8) is 0 Å². The van der Waals surface area contributed by atoms with Crippen LogP contribution in [0.2, 0.25) is 0 Å². The van der Waals surface area contributed by atoms with Crippen molar-refractivity contribution in [2.24, 2.45) is 0 Å². The average Bonchev–Trinajstić information content (AvgIpc) is 2.78. The van der Waals surface area contributed by atoms with Gasteiger partial charge in [-0.15, -0.1) is 0 Å². The van der Waals surface area contributed by atoms with E-state index in [0.29, 0.717) is 5.56 Å². The van der Waals surface area contributed by atoms with Crippen molar-refractivity contribution in [3.05, 3.63) is 40.6 Å². The van der Waals surface area contributed by atoms with Crippen LogP contribution >= 0.6 is 15.9 Å². The van der Waals surface area contributed by atoms with Crippen LogP contribution in [0.15, 0.2) is 33.3 Å². The van der Waals surface area contributed by atoms with Crippen molar-refractivity contribution in [2.45, 2.75) is 12.8 Å². The predicted octanol–water partition coefficient (Wildman–Crippen LogP) is 3.26. The van der Waals surface area contributed by atoms with Crippen LogP contribution in [-0.4, -0.2) is 16.1 Å². The van der Waals surface area contributed by atoms with Crippen LogP contribution in [0.4, 0.5) is 4.39 Å². The normalized spacial score (nSPS) is 10.6. The minimum absolute atomic E-state index is 0.0685. The number of carboxylic acid groups (broad SMARTS) is 1. The molecule has 0 amide bonds. The van der Waals surface area contributed by atoms with E-state index < -0.39 is 11.8 Å². The first kappa shape index (κ1) is 12.8. The lowest BCUT2D eigenvalue weighted by Gasteiger charge is -1.99. The van der Waals surface area contributed by atoms with Gasteiger partial charge >= 0.3 is 5.97 Å². The van der Waals surface area contributed by atoms with Crippen LogP contribution in [0.25, 0.3) is 11.3 Å². The van der Waals surface area contributed by atoms with Crippen molar-refractivity contribution in [2.75, 3.05) is 0 Å². The second-order valence-corrected chi connectivity index (χ2v) is 4.55. The molecule has 6 heteroatoms. The van der Waals surface area contributed by atoms with E-state index in [1.54, 1.807) is 12.1 Å². The number of nitrogens with zero attached hydrogens (tertiary/aromatic N) is 1. The van der Waals surface area contributed by atoms with Crippen LogP contribution < -0.4 is 0 Å². The summed E-state index contributed by atoms with van der Waals surface area (Å²) in [5, 5.41) is 8.54. The molecule has 0 aliphatic carbocycles. The number of hydrogen-bond donors (Lipinski definition) is 1. The van der Waals surface area contributed by atoms with Gasteiger partial charge in [0.25, 0.3) is 0 Å². The zero-order chi connectivity index (χ0) is 13.1. The minimum atomic E-state index is -0.927. The molecule has 2 rings (SSSR count). The molecule has 18 heavy (non-hydrogen) atoms. The summed E-state index contributed by atoms with van der Waals surface area (Å²) in [6.45, 7) is 0. The molecule has 0 atom stereocenters. The lowest BCUT2D eigenvalue weighted by molar-refractivity contribution is -0.137. The molecule has 0 saturated heterocycles. The highest BCUT2D eigenvalue weighted by Crippen LogP contribution is 2.27. The molecule has 0 bridgehead atoms. The number of oxazole rings is 1. The van der Waals surface area contributed by atoms with Gasteiger partial charge in [0.2, 0.25) is 0 Å². The van der Waals surface area contributed by atoms with Gasteiger partial charge in [-0.1, -0.05) is 15.9 Å². The summed E-state index contributed by atoms with van der Waals surface area (Å²) in [7, 11) is 0. The van der Waals surface area contributed by atoms with E-state index in [2.05, 4.69) is 20.9 Å². The molecule has 0 aliphatic heterocycles. The molecule has 0 aliphatic rings. The minimum Gasteiger partial charge on any atom is -0.481 e. The van der Waals surface area contributed by atoms with Gasteiger partial charge in [0.1, 0.15) is 5.82 Å². The number of hydrogen-bond acceptors (Lipinski definition) is 3. The summed E-state index contributed by atoms with van der Waals surface area (Å²) in [4.78, 5) is 14.3. The number of carbonyl (C=O) groups is 1. The zero-order valence-electron chi connectivity index (χ0n) is 9.19. The van der Waals surface area contributed by atoms with E-state index in [9.17, 15) is 9.18 Å². The van der Waals surface area contributed by atoms with Gasteiger partial charge < -0.3 is 9.52 Å². The number of carboxylic acids is 1. The Morgan fingerprint density at radius 3 is 3.00 bits per heavy atom. The van der Waals surface area contributed by atoms with Gasteiger partial charge in [0.05, 0.1) is 18.2 Å². The van der Waals surface area contributed by atoms with E-state index in [1.165, 1.54) is 12.3 Å². The van der Waals surface area contributed by atoms with Crippen molar-refractivity contribution in [3.8, 4) is 11.3 Å². The molecule has 1 aromatic heterocycles. The van der Waals surface area contributed by atoms with Crippen molar-refractivity contribution >= 4 is 21.9 Å². The van der Waals surface area contributed by atoms with Gasteiger partial charge in [0.15, 0.2) is 11.7 Å². The molecule has 1 heterocycles.